The van der Waals surface area contributed by atoms with E-state index in [9.17, 15) is 29.7 Å². The molecule has 4 aliphatic carbocycles. The maximum absolute atomic E-state index is 14.8. The molecule has 4 aliphatic rings. The molecule has 2 fully saturated rings. The Balaban J connectivity index is 1.60. The van der Waals surface area contributed by atoms with Crippen LogP contribution < -0.4 is 0 Å². The molecular formula is C37H58O8. The third kappa shape index (κ3) is 5.75. The Labute approximate surface area is 270 Å². The number of aliphatic hydroxyl groups excluding tert-OH is 2. The molecule has 0 aromatic carbocycles. The van der Waals surface area contributed by atoms with Crippen LogP contribution in [0.15, 0.2) is 23.3 Å². The molecule has 0 aromatic rings. The Kier molecular flexibility index (Phi) is 10.2. The molecule has 3 N–H and O–H groups in total. The van der Waals surface area contributed by atoms with Gasteiger partial charge in [0.2, 0.25) is 0 Å². The van der Waals surface area contributed by atoms with Gasteiger partial charge in [0.25, 0.3) is 0 Å². The first-order valence-electron chi connectivity index (χ1n) is 17.4. The highest BCUT2D eigenvalue weighted by Gasteiger charge is 2.83. The third-order valence-corrected chi connectivity index (χ3v) is 11.6. The number of hydrogen-bond donors (Lipinski definition) is 3. The molecule has 1 spiro atoms. The quantitative estimate of drug-likeness (QED) is 0.128. The zero-order valence-electron chi connectivity index (χ0n) is 28.9. The number of allylic oxidation sites excluding steroid dienone is 1. The van der Waals surface area contributed by atoms with Gasteiger partial charge < -0.3 is 24.8 Å². The van der Waals surface area contributed by atoms with Crippen molar-refractivity contribution in [2.75, 3.05) is 6.61 Å². The highest BCUT2D eigenvalue weighted by atomic mass is 16.6. The molecule has 8 nitrogen and oxygen atoms in total. The molecule has 254 valence electrons. The largest absolute Gasteiger partial charge is 0.458 e. The van der Waals surface area contributed by atoms with Gasteiger partial charge in [0.15, 0.2) is 17.5 Å². The number of ketones is 1. The molecule has 0 heterocycles. The Morgan fingerprint density at radius 3 is 2.16 bits per heavy atom. The number of aliphatic hydroxyl groups is 3. The Bertz CT molecular complexity index is 1210. The van der Waals surface area contributed by atoms with E-state index in [2.05, 4.69) is 6.92 Å². The van der Waals surface area contributed by atoms with E-state index in [0.29, 0.717) is 18.4 Å². The molecule has 0 saturated heterocycles. The van der Waals surface area contributed by atoms with Gasteiger partial charge in [-0.3, -0.25) is 14.4 Å². The molecule has 2 saturated carbocycles. The van der Waals surface area contributed by atoms with E-state index in [1.54, 1.807) is 39.8 Å². The van der Waals surface area contributed by atoms with Gasteiger partial charge >= 0.3 is 11.9 Å². The first-order valence-corrected chi connectivity index (χ1v) is 17.4. The molecule has 8 atom stereocenters. The van der Waals surface area contributed by atoms with E-state index < -0.39 is 70.0 Å². The number of unbranched alkanes of at least 4 members (excludes halogenated alkanes) is 8. The van der Waals surface area contributed by atoms with Gasteiger partial charge in [-0.25, -0.2) is 0 Å². The second-order valence-corrected chi connectivity index (χ2v) is 16.1. The molecular weight excluding hydrogens is 572 g/mol. The average molecular weight is 631 g/mol. The molecule has 2 unspecified atom stereocenters. The predicted molar refractivity (Wildman–Crippen MR) is 172 cm³/mol. The summed E-state index contributed by atoms with van der Waals surface area (Å²) < 4.78 is 12.3. The number of Topliss-reactive ketones (excluding diaryl/α,β-unsaturated/α-hetero) is 1. The number of rotatable bonds is 13. The topological polar surface area (TPSA) is 130 Å². The molecule has 0 aromatic heterocycles. The van der Waals surface area contributed by atoms with Crippen LogP contribution in [0.4, 0.5) is 0 Å². The minimum Gasteiger partial charge on any atom is -0.458 e. The first kappa shape index (κ1) is 35.8. The van der Waals surface area contributed by atoms with Crippen LogP contribution in [0.2, 0.25) is 0 Å². The van der Waals surface area contributed by atoms with E-state index in [1.807, 2.05) is 20.8 Å². The van der Waals surface area contributed by atoms with Crippen molar-refractivity contribution in [3.63, 3.8) is 0 Å². The van der Waals surface area contributed by atoms with E-state index in [0.717, 1.165) is 19.3 Å². The number of ether oxygens (including phenoxy) is 2. The van der Waals surface area contributed by atoms with Crippen molar-refractivity contribution in [3.05, 3.63) is 23.3 Å². The third-order valence-electron chi connectivity index (χ3n) is 11.6. The lowest BCUT2D eigenvalue weighted by Crippen LogP contribution is -2.66. The summed E-state index contributed by atoms with van der Waals surface area (Å²) >= 11 is 0. The SMILES string of the molecule is CCCCCCCCCCCC(=O)O[C@@]12C[C@@H](C)C34C=C(C)[C@H](OC(=O)C(C)(C)C)[C@@]3(O)[C@H](O)C(CO)=CC(C4=O)[C@@H]1C2(C)C. The number of hydrogen-bond acceptors (Lipinski definition) is 8. The van der Waals surface area contributed by atoms with Gasteiger partial charge in [0.05, 0.1) is 17.4 Å². The summed E-state index contributed by atoms with van der Waals surface area (Å²) in [5.41, 5.74) is -5.69. The normalized spacial score (nSPS) is 36.6. The van der Waals surface area contributed by atoms with E-state index in [1.165, 1.54) is 38.5 Å². The van der Waals surface area contributed by atoms with Crippen molar-refractivity contribution in [2.24, 2.45) is 34.0 Å². The van der Waals surface area contributed by atoms with Crippen molar-refractivity contribution >= 4 is 17.7 Å². The molecule has 8 heteroatoms. The first-order chi connectivity index (χ1) is 21.0. The summed E-state index contributed by atoms with van der Waals surface area (Å²) in [6, 6.07) is 0. The molecule has 0 radical (unpaired) electrons. The van der Waals surface area contributed by atoms with Gasteiger partial charge in [-0.2, -0.15) is 0 Å². The van der Waals surface area contributed by atoms with Crippen LogP contribution in [0.3, 0.4) is 0 Å². The summed E-state index contributed by atoms with van der Waals surface area (Å²) in [6.45, 7) is 14.3. The Morgan fingerprint density at radius 2 is 1.60 bits per heavy atom. The van der Waals surface area contributed by atoms with Crippen molar-refractivity contribution in [1.29, 1.82) is 0 Å². The molecule has 45 heavy (non-hydrogen) atoms. The van der Waals surface area contributed by atoms with Gasteiger partial charge in [0, 0.05) is 23.7 Å². The van der Waals surface area contributed by atoms with Gasteiger partial charge in [-0.15, -0.1) is 0 Å². The molecule has 4 rings (SSSR count). The van der Waals surface area contributed by atoms with E-state index >= 15 is 0 Å². The van der Waals surface area contributed by atoms with Gasteiger partial charge in [-0.05, 0) is 57.6 Å². The predicted octanol–water partition coefficient (Wildman–Crippen LogP) is 6.00. The maximum atomic E-state index is 14.8. The number of fused-ring (bicyclic) bond motifs is 3. The monoisotopic (exact) mass is 630 g/mol. The molecule has 0 amide bonds. The lowest BCUT2D eigenvalue weighted by molar-refractivity contribution is -0.208. The summed E-state index contributed by atoms with van der Waals surface area (Å²) in [5, 5.41) is 34.8. The van der Waals surface area contributed by atoms with Crippen molar-refractivity contribution < 1.29 is 39.2 Å². The summed E-state index contributed by atoms with van der Waals surface area (Å²) in [5.74, 6) is -2.96. The van der Waals surface area contributed by atoms with Crippen LogP contribution in [0, 0.1) is 34.0 Å². The van der Waals surface area contributed by atoms with Crippen LogP contribution in [0.5, 0.6) is 0 Å². The van der Waals surface area contributed by atoms with Crippen LogP contribution in [0.25, 0.3) is 0 Å². The van der Waals surface area contributed by atoms with Crippen LogP contribution in [0.1, 0.15) is 126 Å². The minimum absolute atomic E-state index is 0.101. The van der Waals surface area contributed by atoms with Crippen molar-refractivity contribution in [3.8, 4) is 0 Å². The van der Waals surface area contributed by atoms with Gasteiger partial charge in [-0.1, -0.05) is 91.2 Å². The average Bonchev–Trinajstić information content (AvgIpc) is 3.35. The highest BCUT2D eigenvalue weighted by Crippen LogP contribution is 2.75. The summed E-state index contributed by atoms with van der Waals surface area (Å²) in [6.07, 6.45) is 11.2. The lowest BCUT2D eigenvalue weighted by atomic mass is 9.59. The fourth-order valence-electron chi connectivity index (χ4n) is 9.01. The standard InChI is InChI=1S/C37H58O8/c1-9-10-11-12-13-14-15-16-17-18-27(39)45-36-21-24(3)35-20-23(2)31(44-32(42)33(4,5)6)37(35,43)29(40)25(22-38)19-26(30(35)41)28(36)34(36,7)8/h19-20,24,26,28-29,31,38,40,43H,9-18,21-22H2,1-8H3/t24-,26?,28-,29-,31+,35?,36+,37+/m1/s1. The van der Waals surface area contributed by atoms with Gasteiger partial charge in [0.1, 0.15) is 11.7 Å². The minimum atomic E-state index is -2.25. The second-order valence-electron chi connectivity index (χ2n) is 16.1. The molecule has 0 aliphatic heterocycles. The zero-order chi connectivity index (χ0) is 33.6. The van der Waals surface area contributed by atoms with Crippen molar-refractivity contribution in [2.45, 2.75) is 149 Å². The lowest BCUT2D eigenvalue weighted by Gasteiger charge is -2.49. The fourth-order valence-corrected chi connectivity index (χ4v) is 9.01. The molecule has 2 bridgehead atoms. The highest BCUT2D eigenvalue weighted by molar-refractivity contribution is 5.96. The Morgan fingerprint density at radius 1 is 1.02 bits per heavy atom. The summed E-state index contributed by atoms with van der Waals surface area (Å²) in [4.78, 5) is 41.3. The van der Waals surface area contributed by atoms with E-state index in [-0.39, 0.29) is 17.3 Å². The number of esters is 2. The zero-order valence-corrected chi connectivity index (χ0v) is 28.9. The summed E-state index contributed by atoms with van der Waals surface area (Å²) in [7, 11) is 0. The Hall–Kier alpha value is -2.03. The van der Waals surface area contributed by atoms with Crippen LogP contribution in [-0.4, -0.2) is 63.1 Å². The van der Waals surface area contributed by atoms with E-state index in [4.69, 9.17) is 9.47 Å². The smallest absolute Gasteiger partial charge is 0.311 e. The van der Waals surface area contributed by atoms with Crippen LogP contribution >= 0.6 is 0 Å². The number of carbonyl (C=O) groups excluding carboxylic acids is 3. The van der Waals surface area contributed by atoms with Crippen molar-refractivity contribution in [1.82, 2.24) is 0 Å². The number of carbonyl (C=O) groups is 3. The second kappa shape index (κ2) is 12.9. The van der Waals surface area contributed by atoms with Crippen LogP contribution in [-0.2, 0) is 23.9 Å². The maximum Gasteiger partial charge on any atom is 0.311 e. The fraction of sp³-hybridized carbons (Fsp3) is 0.811.